The van der Waals surface area contributed by atoms with E-state index in [2.05, 4.69) is 15.9 Å². The summed E-state index contributed by atoms with van der Waals surface area (Å²) in [4.78, 5) is 0. The topological polar surface area (TPSA) is 38.7 Å². The Morgan fingerprint density at radius 3 is 2.33 bits per heavy atom. The number of rotatable bonds is 6. The fourth-order valence-corrected chi connectivity index (χ4v) is 3.39. The Morgan fingerprint density at radius 2 is 1.81 bits per heavy atom. The fraction of sp³-hybridized carbons (Fsp3) is 0.333. The van der Waals surface area contributed by atoms with Gasteiger partial charge in [-0.25, -0.2) is 0 Å². The lowest BCUT2D eigenvalue weighted by atomic mass is 10.0. The zero-order valence-corrected chi connectivity index (χ0v) is 14.9. The Bertz CT molecular complexity index is 615. The van der Waals surface area contributed by atoms with Gasteiger partial charge in [-0.2, -0.15) is 0 Å². The number of thiophene rings is 1. The number of hydrogen-bond donors (Lipinski definition) is 1. The first-order valence-corrected chi connectivity index (χ1v) is 8.62. The van der Waals surface area contributed by atoms with Crippen molar-refractivity contribution in [2.75, 3.05) is 13.2 Å². The van der Waals surface area contributed by atoms with E-state index in [-0.39, 0.29) is 0 Å². The van der Waals surface area contributed by atoms with Gasteiger partial charge in [-0.15, -0.1) is 11.3 Å². The van der Waals surface area contributed by atoms with E-state index in [9.17, 15) is 5.11 Å². The van der Waals surface area contributed by atoms with Crippen LogP contribution in [0.5, 0.6) is 11.5 Å². The van der Waals surface area contributed by atoms with Gasteiger partial charge in [0.05, 0.1) is 22.0 Å². The molecule has 0 spiro atoms. The van der Waals surface area contributed by atoms with Crippen LogP contribution in [0.15, 0.2) is 27.4 Å². The van der Waals surface area contributed by atoms with E-state index in [0.29, 0.717) is 35.3 Å². The molecule has 114 valence electrons. The molecule has 0 radical (unpaired) electrons. The summed E-state index contributed by atoms with van der Waals surface area (Å²) in [6.45, 7) is 4.84. The maximum Gasteiger partial charge on any atom is 0.162 e. The highest BCUT2D eigenvalue weighted by atomic mass is 79.9. The van der Waals surface area contributed by atoms with E-state index in [0.717, 1.165) is 9.35 Å². The standard InChI is InChI=1S/C15H16BrClO3S/c1-3-19-12-6-10(11(17)7-13(12)20-4-2)15(18)9-5-14(16)21-8-9/h5-8,15,18H,3-4H2,1-2H3. The molecule has 1 N–H and O–H groups in total. The van der Waals surface area contributed by atoms with E-state index in [1.165, 1.54) is 11.3 Å². The average Bonchev–Trinajstić information content (AvgIpc) is 2.88. The monoisotopic (exact) mass is 390 g/mol. The third-order valence-electron chi connectivity index (χ3n) is 2.86. The molecule has 0 amide bonds. The summed E-state index contributed by atoms with van der Waals surface area (Å²) in [5, 5.41) is 12.9. The van der Waals surface area contributed by atoms with Gasteiger partial charge in [0.1, 0.15) is 6.10 Å². The predicted octanol–water partition coefficient (Wildman–Crippen LogP) is 5.04. The molecular weight excluding hydrogens is 376 g/mol. The summed E-state index contributed by atoms with van der Waals surface area (Å²) in [5.74, 6) is 1.18. The second-order valence-corrected chi connectivity index (χ2v) is 6.97. The third kappa shape index (κ3) is 3.92. The lowest BCUT2D eigenvalue weighted by Crippen LogP contribution is -2.03. The first kappa shape index (κ1) is 16.6. The van der Waals surface area contributed by atoms with Crippen molar-refractivity contribution in [3.8, 4) is 11.5 Å². The Hall–Kier alpha value is -0.750. The van der Waals surface area contributed by atoms with Crippen LogP contribution in [0, 0.1) is 0 Å². The van der Waals surface area contributed by atoms with Crippen LogP contribution >= 0.6 is 38.9 Å². The summed E-state index contributed by atoms with van der Waals surface area (Å²) in [5.41, 5.74) is 1.40. The summed E-state index contributed by atoms with van der Waals surface area (Å²) in [6, 6.07) is 5.31. The second-order valence-electron chi connectivity index (χ2n) is 4.27. The highest BCUT2D eigenvalue weighted by molar-refractivity contribution is 9.11. The summed E-state index contributed by atoms with van der Waals surface area (Å²) < 4.78 is 12.1. The molecule has 1 heterocycles. The molecule has 0 bridgehead atoms. The van der Waals surface area contributed by atoms with Crippen molar-refractivity contribution >= 4 is 38.9 Å². The Labute approximate surface area is 141 Å². The molecule has 3 nitrogen and oxygen atoms in total. The van der Waals surface area contributed by atoms with Gasteiger partial charge in [0.15, 0.2) is 11.5 Å². The van der Waals surface area contributed by atoms with Crippen LogP contribution in [0.25, 0.3) is 0 Å². The van der Waals surface area contributed by atoms with E-state index in [1.807, 2.05) is 25.3 Å². The highest BCUT2D eigenvalue weighted by Crippen LogP contribution is 2.39. The third-order valence-corrected chi connectivity index (χ3v) is 4.71. The Kier molecular flexibility index (Phi) is 5.93. The van der Waals surface area contributed by atoms with E-state index in [4.69, 9.17) is 21.1 Å². The second kappa shape index (κ2) is 7.49. The SMILES string of the molecule is CCOc1cc(Cl)c(C(O)c2csc(Br)c2)cc1OCC. The highest BCUT2D eigenvalue weighted by Gasteiger charge is 2.19. The molecule has 0 saturated carbocycles. The van der Waals surface area contributed by atoms with Crippen LogP contribution in [0.3, 0.4) is 0 Å². The van der Waals surface area contributed by atoms with Crippen molar-refractivity contribution in [2.45, 2.75) is 20.0 Å². The van der Waals surface area contributed by atoms with Crippen molar-refractivity contribution in [2.24, 2.45) is 0 Å². The lowest BCUT2D eigenvalue weighted by molar-refractivity contribution is 0.219. The quantitative estimate of drug-likeness (QED) is 0.749. The first-order chi connectivity index (χ1) is 10.1. The van der Waals surface area contributed by atoms with E-state index in [1.54, 1.807) is 12.1 Å². The summed E-state index contributed by atoms with van der Waals surface area (Å²) in [7, 11) is 0. The van der Waals surface area contributed by atoms with Gasteiger partial charge >= 0.3 is 0 Å². The number of ether oxygens (including phenoxy) is 2. The minimum Gasteiger partial charge on any atom is -0.490 e. The van der Waals surface area contributed by atoms with Crippen molar-refractivity contribution in [3.05, 3.63) is 43.5 Å². The molecule has 0 saturated heterocycles. The maximum atomic E-state index is 10.5. The smallest absolute Gasteiger partial charge is 0.162 e. The number of benzene rings is 1. The minimum absolute atomic E-state index is 0.455. The van der Waals surface area contributed by atoms with Gasteiger partial charge in [0.2, 0.25) is 0 Å². The van der Waals surface area contributed by atoms with Gasteiger partial charge in [-0.3, -0.25) is 0 Å². The zero-order chi connectivity index (χ0) is 15.4. The maximum absolute atomic E-state index is 10.5. The predicted molar refractivity (Wildman–Crippen MR) is 89.9 cm³/mol. The van der Waals surface area contributed by atoms with Crippen molar-refractivity contribution in [1.29, 1.82) is 0 Å². The molecule has 1 aromatic heterocycles. The van der Waals surface area contributed by atoms with Crippen LogP contribution in [0.1, 0.15) is 31.1 Å². The molecule has 2 rings (SSSR count). The molecule has 2 aromatic rings. The molecule has 21 heavy (non-hydrogen) atoms. The molecule has 1 unspecified atom stereocenters. The molecule has 6 heteroatoms. The van der Waals surface area contributed by atoms with Crippen LogP contribution < -0.4 is 9.47 Å². The van der Waals surface area contributed by atoms with Crippen LogP contribution in [0.4, 0.5) is 0 Å². The molecule has 0 aliphatic carbocycles. The largest absolute Gasteiger partial charge is 0.490 e. The van der Waals surface area contributed by atoms with Crippen LogP contribution in [-0.2, 0) is 0 Å². The van der Waals surface area contributed by atoms with Gasteiger partial charge in [0, 0.05) is 11.6 Å². The molecule has 0 aliphatic heterocycles. The van der Waals surface area contributed by atoms with Crippen molar-refractivity contribution in [1.82, 2.24) is 0 Å². The Balaban J connectivity index is 2.40. The number of aliphatic hydroxyl groups excluding tert-OH is 1. The van der Waals surface area contributed by atoms with E-state index < -0.39 is 6.10 Å². The Morgan fingerprint density at radius 1 is 1.19 bits per heavy atom. The van der Waals surface area contributed by atoms with Crippen molar-refractivity contribution in [3.63, 3.8) is 0 Å². The van der Waals surface area contributed by atoms with Crippen LogP contribution in [0.2, 0.25) is 5.02 Å². The fourth-order valence-electron chi connectivity index (χ4n) is 1.94. The van der Waals surface area contributed by atoms with Gasteiger partial charge in [0.25, 0.3) is 0 Å². The average molecular weight is 392 g/mol. The molecular formula is C15H16BrClO3S. The summed E-state index contributed by atoms with van der Waals surface area (Å²) in [6.07, 6.45) is -0.796. The lowest BCUT2D eigenvalue weighted by Gasteiger charge is -2.17. The number of hydrogen-bond acceptors (Lipinski definition) is 4. The number of aliphatic hydroxyl groups is 1. The summed E-state index contributed by atoms with van der Waals surface area (Å²) >= 11 is 11.2. The zero-order valence-electron chi connectivity index (χ0n) is 11.7. The molecule has 0 fully saturated rings. The normalized spacial score (nSPS) is 12.2. The van der Waals surface area contributed by atoms with E-state index >= 15 is 0 Å². The van der Waals surface area contributed by atoms with Crippen LogP contribution in [-0.4, -0.2) is 18.3 Å². The van der Waals surface area contributed by atoms with Gasteiger partial charge < -0.3 is 14.6 Å². The minimum atomic E-state index is -0.796. The van der Waals surface area contributed by atoms with Gasteiger partial charge in [-0.05, 0) is 52.9 Å². The molecule has 0 aliphatic rings. The van der Waals surface area contributed by atoms with Gasteiger partial charge in [-0.1, -0.05) is 11.6 Å². The first-order valence-electron chi connectivity index (χ1n) is 6.57. The van der Waals surface area contributed by atoms with Crippen molar-refractivity contribution < 1.29 is 14.6 Å². The molecule has 1 atom stereocenters. The molecule has 1 aromatic carbocycles. The number of halogens is 2.